The van der Waals surface area contributed by atoms with Gasteiger partial charge in [-0.2, -0.15) is 0 Å². The average Bonchev–Trinajstić information content (AvgIpc) is 2.67. The first kappa shape index (κ1) is 21.1. The van der Waals surface area contributed by atoms with Gasteiger partial charge in [-0.05, 0) is 37.8 Å². The first-order chi connectivity index (χ1) is 13.0. The summed E-state index contributed by atoms with van der Waals surface area (Å²) in [6.07, 6.45) is 5.19. The van der Waals surface area contributed by atoms with Gasteiger partial charge in [0.1, 0.15) is 6.04 Å². The molecule has 0 radical (unpaired) electrons. The van der Waals surface area contributed by atoms with E-state index in [9.17, 15) is 9.59 Å². The van der Waals surface area contributed by atoms with Crippen molar-refractivity contribution in [3.05, 3.63) is 18.2 Å². The summed E-state index contributed by atoms with van der Waals surface area (Å²) >= 11 is 0. The number of carbonyl (C=O) groups excluding carboxylic acids is 2. The molecule has 1 fully saturated rings. The van der Waals surface area contributed by atoms with E-state index in [4.69, 9.17) is 9.47 Å². The second-order valence-corrected chi connectivity index (χ2v) is 7.35. The fourth-order valence-corrected chi connectivity index (χ4v) is 3.41. The molecule has 1 aliphatic carbocycles. The molecule has 0 aliphatic heterocycles. The van der Waals surface area contributed by atoms with Crippen LogP contribution in [0.25, 0.3) is 0 Å². The maximum atomic E-state index is 12.8. The van der Waals surface area contributed by atoms with E-state index in [2.05, 4.69) is 10.6 Å². The molecule has 0 heterocycles. The van der Waals surface area contributed by atoms with Crippen molar-refractivity contribution in [2.75, 3.05) is 19.0 Å². The van der Waals surface area contributed by atoms with Gasteiger partial charge in [0, 0.05) is 17.7 Å². The van der Waals surface area contributed by atoms with E-state index in [0.717, 1.165) is 25.7 Å². The van der Waals surface area contributed by atoms with Crippen LogP contribution < -0.4 is 20.1 Å². The monoisotopic (exact) mass is 376 g/mol. The molecule has 1 aromatic carbocycles. The summed E-state index contributed by atoms with van der Waals surface area (Å²) in [5.41, 5.74) is 0.609. The van der Waals surface area contributed by atoms with Gasteiger partial charge in [-0.25, -0.2) is 0 Å². The number of hydrogen-bond donors (Lipinski definition) is 2. The zero-order chi connectivity index (χ0) is 19.8. The molecule has 2 rings (SSSR count). The Morgan fingerprint density at radius 1 is 1.15 bits per heavy atom. The Morgan fingerprint density at radius 2 is 1.85 bits per heavy atom. The molecule has 0 bridgehead atoms. The molecule has 2 N–H and O–H groups in total. The third-order valence-electron chi connectivity index (χ3n) is 4.95. The van der Waals surface area contributed by atoms with E-state index >= 15 is 0 Å². The van der Waals surface area contributed by atoms with Crippen molar-refractivity contribution in [1.82, 2.24) is 5.32 Å². The highest BCUT2D eigenvalue weighted by atomic mass is 16.5. The Labute approximate surface area is 162 Å². The molecular formula is C21H32N2O4. The summed E-state index contributed by atoms with van der Waals surface area (Å²) in [5, 5.41) is 5.85. The molecule has 2 amide bonds. The molecular weight excluding hydrogens is 344 g/mol. The van der Waals surface area contributed by atoms with Gasteiger partial charge in [-0.1, -0.05) is 33.1 Å². The van der Waals surface area contributed by atoms with Crippen molar-refractivity contribution in [3.63, 3.8) is 0 Å². The Balaban J connectivity index is 2.04. The van der Waals surface area contributed by atoms with Crippen molar-refractivity contribution in [2.45, 2.75) is 58.9 Å². The van der Waals surface area contributed by atoms with E-state index in [1.165, 1.54) is 6.42 Å². The van der Waals surface area contributed by atoms with Gasteiger partial charge in [0.05, 0.1) is 13.7 Å². The van der Waals surface area contributed by atoms with Crippen LogP contribution in [0.5, 0.6) is 11.5 Å². The van der Waals surface area contributed by atoms with Gasteiger partial charge in [0.2, 0.25) is 11.8 Å². The highest BCUT2D eigenvalue weighted by molar-refractivity contribution is 5.97. The van der Waals surface area contributed by atoms with Crippen molar-refractivity contribution in [3.8, 4) is 11.5 Å². The molecule has 6 heteroatoms. The van der Waals surface area contributed by atoms with Crippen LogP contribution in [0, 0.1) is 11.8 Å². The predicted molar refractivity (Wildman–Crippen MR) is 106 cm³/mol. The lowest BCUT2D eigenvalue weighted by molar-refractivity contribution is -0.130. The van der Waals surface area contributed by atoms with E-state index in [1.807, 2.05) is 20.8 Å². The minimum absolute atomic E-state index is 0.00664. The van der Waals surface area contributed by atoms with Crippen LogP contribution in [0.1, 0.15) is 52.9 Å². The van der Waals surface area contributed by atoms with Gasteiger partial charge in [0.25, 0.3) is 0 Å². The number of hydrogen-bond acceptors (Lipinski definition) is 4. The maximum absolute atomic E-state index is 12.8. The summed E-state index contributed by atoms with van der Waals surface area (Å²) in [6.45, 7) is 6.30. The summed E-state index contributed by atoms with van der Waals surface area (Å²) in [6, 6.07) is 4.69. The molecule has 0 aromatic heterocycles. The minimum Gasteiger partial charge on any atom is -0.493 e. The molecule has 1 atom stereocenters. The molecule has 6 nitrogen and oxygen atoms in total. The molecule has 0 saturated heterocycles. The van der Waals surface area contributed by atoms with E-state index in [1.54, 1.807) is 25.3 Å². The highest BCUT2D eigenvalue weighted by Gasteiger charge is 2.28. The van der Waals surface area contributed by atoms with E-state index in [-0.39, 0.29) is 23.7 Å². The first-order valence-corrected chi connectivity index (χ1v) is 9.88. The van der Waals surface area contributed by atoms with E-state index < -0.39 is 6.04 Å². The zero-order valence-corrected chi connectivity index (χ0v) is 16.8. The number of anilines is 1. The number of methoxy groups -OCH3 is 1. The Kier molecular flexibility index (Phi) is 7.95. The lowest BCUT2D eigenvalue weighted by Crippen LogP contribution is -2.49. The summed E-state index contributed by atoms with van der Waals surface area (Å²) in [7, 11) is 1.56. The van der Waals surface area contributed by atoms with Crippen LogP contribution in [-0.4, -0.2) is 31.6 Å². The first-order valence-electron chi connectivity index (χ1n) is 9.88. The quantitative estimate of drug-likeness (QED) is 0.724. The van der Waals surface area contributed by atoms with Gasteiger partial charge < -0.3 is 20.1 Å². The molecule has 150 valence electrons. The lowest BCUT2D eigenvalue weighted by atomic mass is 9.88. The van der Waals surface area contributed by atoms with Gasteiger partial charge >= 0.3 is 0 Å². The Bertz CT molecular complexity index is 639. The van der Waals surface area contributed by atoms with Gasteiger partial charge in [-0.3, -0.25) is 9.59 Å². The summed E-state index contributed by atoms with van der Waals surface area (Å²) in [5.74, 6) is 0.972. The highest BCUT2D eigenvalue weighted by Crippen LogP contribution is 2.30. The fourth-order valence-electron chi connectivity index (χ4n) is 3.41. The third-order valence-corrected chi connectivity index (χ3v) is 4.95. The zero-order valence-electron chi connectivity index (χ0n) is 16.8. The van der Waals surface area contributed by atoms with Crippen LogP contribution >= 0.6 is 0 Å². The molecule has 0 spiro atoms. The van der Waals surface area contributed by atoms with E-state index in [0.29, 0.717) is 23.8 Å². The van der Waals surface area contributed by atoms with Crippen molar-refractivity contribution < 1.29 is 19.1 Å². The summed E-state index contributed by atoms with van der Waals surface area (Å²) in [4.78, 5) is 25.3. The van der Waals surface area contributed by atoms with Crippen molar-refractivity contribution in [2.24, 2.45) is 11.8 Å². The Morgan fingerprint density at radius 3 is 2.44 bits per heavy atom. The average molecular weight is 376 g/mol. The largest absolute Gasteiger partial charge is 0.493 e. The van der Waals surface area contributed by atoms with Crippen molar-refractivity contribution in [1.29, 1.82) is 0 Å². The lowest BCUT2D eigenvalue weighted by Gasteiger charge is -2.26. The number of carbonyl (C=O) groups is 2. The normalized spacial score (nSPS) is 15.9. The van der Waals surface area contributed by atoms with Crippen LogP contribution in [0.15, 0.2) is 18.2 Å². The second-order valence-electron chi connectivity index (χ2n) is 7.35. The van der Waals surface area contributed by atoms with Gasteiger partial charge in [0.15, 0.2) is 11.5 Å². The van der Waals surface area contributed by atoms with Crippen molar-refractivity contribution >= 4 is 17.5 Å². The van der Waals surface area contributed by atoms with Crippen LogP contribution in [-0.2, 0) is 9.59 Å². The summed E-state index contributed by atoms with van der Waals surface area (Å²) < 4.78 is 10.8. The number of nitrogens with one attached hydrogen (secondary N) is 2. The van der Waals surface area contributed by atoms with Crippen LogP contribution in [0.3, 0.4) is 0 Å². The number of rotatable bonds is 8. The predicted octanol–water partition coefficient (Wildman–Crippen LogP) is 3.75. The van der Waals surface area contributed by atoms with Crippen LogP contribution in [0.4, 0.5) is 5.69 Å². The molecule has 1 saturated carbocycles. The topological polar surface area (TPSA) is 76.7 Å². The fraction of sp³-hybridized carbons (Fsp3) is 0.619. The van der Waals surface area contributed by atoms with Crippen LogP contribution in [0.2, 0.25) is 0 Å². The number of amides is 2. The SMILES string of the molecule is CCOc1ccc(NC(=O)C(NC(=O)C2CCCCC2)C(C)C)cc1OC. The number of ether oxygens (including phenoxy) is 2. The van der Waals surface area contributed by atoms with Gasteiger partial charge in [-0.15, -0.1) is 0 Å². The molecule has 1 aromatic rings. The molecule has 27 heavy (non-hydrogen) atoms. The molecule has 1 aliphatic rings. The maximum Gasteiger partial charge on any atom is 0.247 e. The molecule has 1 unspecified atom stereocenters. The second kappa shape index (κ2) is 10.2. The minimum atomic E-state index is -0.572. The standard InChI is InChI=1S/C21H32N2O4/c1-5-27-17-12-11-16(13-18(17)26-4)22-21(25)19(14(2)3)23-20(24)15-9-7-6-8-10-15/h11-15,19H,5-10H2,1-4H3,(H,22,25)(H,23,24). The smallest absolute Gasteiger partial charge is 0.247 e. The third kappa shape index (κ3) is 5.88. The number of benzene rings is 1. The Hall–Kier alpha value is -2.24.